The minimum atomic E-state index is -1.33. The minimum Gasteiger partial charge on any atom is -0.478 e. The molecule has 10 nitrogen and oxygen atoms in total. The standard InChI is InChI=1S/C22H14I6N2O8/c1-5(31)29(6(2)32)19-15(25)9(13(23)11(17(19)27)21(35)36)10-14(24)12(22(37)38)18(28)20(16(10)26)30(7(3)33)8(4)34/h1-4H3,(H,35,36)(H,37,38). The third-order valence-electron chi connectivity index (χ3n) is 4.97. The number of benzene rings is 2. The molecular weight excluding hydrogens is 1180 g/mol. The number of imide groups is 2. The Labute approximate surface area is 298 Å². The summed E-state index contributed by atoms with van der Waals surface area (Å²) in [5, 5.41) is 20.2. The largest absolute Gasteiger partial charge is 0.478 e. The molecule has 0 aliphatic carbocycles. The molecule has 2 rings (SSSR count). The van der Waals surface area contributed by atoms with Crippen molar-refractivity contribution in [1.29, 1.82) is 0 Å². The number of hydrogen-bond donors (Lipinski definition) is 2. The Kier molecular flexibility index (Phi) is 12.0. The van der Waals surface area contributed by atoms with Gasteiger partial charge >= 0.3 is 11.9 Å². The average molecular weight is 1200 g/mol. The lowest BCUT2D eigenvalue weighted by Gasteiger charge is -2.28. The van der Waals surface area contributed by atoms with Crippen molar-refractivity contribution >= 4 is 182 Å². The molecule has 38 heavy (non-hydrogen) atoms. The number of aromatic carboxylic acids is 2. The van der Waals surface area contributed by atoms with Gasteiger partial charge in [-0.3, -0.25) is 19.2 Å². The Bertz CT molecular complexity index is 1340. The molecule has 0 saturated carbocycles. The summed E-state index contributed by atoms with van der Waals surface area (Å²) < 4.78 is 1.34. The van der Waals surface area contributed by atoms with E-state index >= 15 is 0 Å². The number of carbonyl (C=O) groups is 6. The van der Waals surface area contributed by atoms with Crippen LogP contribution >= 0.6 is 136 Å². The van der Waals surface area contributed by atoms with E-state index in [0.29, 0.717) is 7.14 Å². The highest BCUT2D eigenvalue weighted by atomic mass is 127. The SMILES string of the molecule is CC(=O)N(C(C)=O)c1c(I)c(C(=O)O)c(I)c(-c2c(I)c(C(=O)O)c(I)c(N(C(C)=O)C(C)=O)c2I)c1I. The second kappa shape index (κ2) is 13.3. The number of anilines is 2. The van der Waals surface area contributed by atoms with Crippen LogP contribution in [0.1, 0.15) is 48.4 Å². The van der Waals surface area contributed by atoms with Crippen molar-refractivity contribution in [2.75, 3.05) is 9.80 Å². The predicted octanol–water partition coefficient (Wildman–Crippen LogP) is 6.18. The predicted molar refractivity (Wildman–Crippen MR) is 190 cm³/mol. The Balaban J connectivity index is 3.39. The van der Waals surface area contributed by atoms with Crippen molar-refractivity contribution in [2.24, 2.45) is 0 Å². The van der Waals surface area contributed by atoms with Crippen LogP contribution < -0.4 is 9.80 Å². The number of carboxylic acid groups (broad SMARTS) is 2. The molecule has 202 valence electrons. The van der Waals surface area contributed by atoms with Crippen LogP contribution in [0.25, 0.3) is 11.1 Å². The highest BCUT2D eigenvalue weighted by Gasteiger charge is 2.36. The van der Waals surface area contributed by atoms with E-state index in [1.165, 1.54) is 27.7 Å². The van der Waals surface area contributed by atoms with Crippen molar-refractivity contribution in [1.82, 2.24) is 0 Å². The normalized spacial score (nSPS) is 10.7. The van der Waals surface area contributed by atoms with E-state index in [0.717, 1.165) is 9.80 Å². The Morgan fingerprint density at radius 2 is 0.711 bits per heavy atom. The lowest BCUT2D eigenvalue weighted by Crippen LogP contribution is -2.36. The van der Waals surface area contributed by atoms with E-state index in [-0.39, 0.29) is 47.9 Å². The van der Waals surface area contributed by atoms with Gasteiger partial charge in [0.2, 0.25) is 23.6 Å². The molecule has 0 radical (unpaired) electrons. The van der Waals surface area contributed by atoms with Gasteiger partial charge < -0.3 is 10.2 Å². The first-order valence-electron chi connectivity index (χ1n) is 9.90. The average Bonchev–Trinajstić information content (AvgIpc) is 2.74. The van der Waals surface area contributed by atoms with Crippen LogP contribution in [0.3, 0.4) is 0 Å². The van der Waals surface area contributed by atoms with E-state index in [4.69, 9.17) is 0 Å². The molecule has 2 N–H and O–H groups in total. The molecule has 2 aromatic rings. The summed E-state index contributed by atoms with van der Waals surface area (Å²) in [4.78, 5) is 76.6. The summed E-state index contributed by atoms with van der Waals surface area (Å²) in [7, 11) is 0. The van der Waals surface area contributed by atoms with Gasteiger partial charge in [0, 0.05) is 53.1 Å². The van der Waals surface area contributed by atoms with Crippen LogP contribution in [-0.2, 0) is 19.2 Å². The van der Waals surface area contributed by atoms with Crippen LogP contribution in [-0.4, -0.2) is 45.8 Å². The van der Waals surface area contributed by atoms with Crippen LogP contribution in [0.5, 0.6) is 0 Å². The fraction of sp³-hybridized carbons (Fsp3) is 0.182. The zero-order chi connectivity index (χ0) is 29.5. The van der Waals surface area contributed by atoms with Crippen LogP contribution in [0.15, 0.2) is 0 Å². The van der Waals surface area contributed by atoms with Crippen molar-refractivity contribution in [2.45, 2.75) is 27.7 Å². The van der Waals surface area contributed by atoms with E-state index in [9.17, 15) is 39.0 Å². The number of rotatable bonds is 5. The minimum absolute atomic E-state index is 0.0394. The van der Waals surface area contributed by atoms with E-state index in [1.54, 1.807) is 45.2 Å². The van der Waals surface area contributed by atoms with Gasteiger partial charge in [0.15, 0.2) is 0 Å². The molecule has 16 heteroatoms. The highest BCUT2D eigenvalue weighted by molar-refractivity contribution is 14.1. The topological polar surface area (TPSA) is 149 Å². The second-order valence-electron chi connectivity index (χ2n) is 7.44. The summed E-state index contributed by atoms with van der Waals surface area (Å²) in [5.41, 5.74) is 0.181. The van der Waals surface area contributed by atoms with Gasteiger partial charge in [0.25, 0.3) is 0 Å². The lowest BCUT2D eigenvalue weighted by atomic mass is 9.98. The monoisotopic (exact) mass is 1200 g/mol. The first-order chi connectivity index (χ1) is 17.4. The molecule has 0 fully saturated rings. The number of hydrogen-bond acceptors (Lipinski definition) is 6. The summed E-state index contributed by atoms with van der Waals surface area (Å²) in [6, 6.07) is 0. The summed E-state index contributed by atoms with van der Waals surface area (Å²) in [6.07, 6.45) is 0. The quantitative estimate of drug-likeness (QED) is 0.338. The molecule has 4 amide bonds. The third kappa shape index (κ3) is 6.27. The highest BCUT2D eigenvalue weighted by Crippen LogP contribution is 2.49. The van der Waals surface area contributed by atoms with Gasteiger partial charge in [0.05, 0.1) is 29.6 Å². The first kappa shape index (κ1) is 34.2. The van der Waals surface area contributed by atoms with E-state index in [1.807, 2.05) is 90.4 Å². The Hall–Kier alpha value is 0.0400. The van der Waals surface area contributed by atoms with Gasteiger partial charge in [0.1, 0.15) is 0 Å². The van der Waals surface area contributed by atoms with Gasteiger partial charge in [-0.15, -0.1) is 0 Å². The number of nitrogens with zero attached hydrogens (tertiary/aromatic N) is 2. The molecule has 0 saturated heterocycles. The Morgan fingerprint density at radius 3 is 0.895 bits per heavy atom. The van der Waals surface area contributed by atoms with E-state index < -0.39 is 35.6 Å². The van der Waals surface area contributed by atoms with Crippen LogP contribution in [0, 0.1) is 21.4 Å². The number of carboxylic acids is 2. The fourth-order valence-electron chi connectivity index (χ4n) is 3.58. The molecule has 0 aromatic heterocycles. The molecule has 2 aromatic carbocycles. The van der Waals surface area contributed by atoms with Crippen molar-refractivity contribution in [3.05, 3.63) is 32.5 Å². The number of halogens is 6. The molecule has 0 atom stereocenters. The number of carbonyl (C=O) groups excluding carboxylic acids is 4. The smallest absolute Gasteiger partial charge is 0.337 e. The van der Waals surface area contributed by atoms with Crippen molar-refractivity contribution < 1.29 is 39.0 Å². The Morgan fingerprint density at radius 1 is 0.474 bits per heavy atom. The van der Waals surface area contributed by atoms with E-state index in [2.05, 4.69) is 0 Å². The van der Waals surface area contributed by atoms with Crippen LogP contribution in [0.2, 0.25) is 0 Å². The van der Waals surface area contributed by atoms with Crippen molar-refractivity contribution in [3.63, 3.8) is 0 Å². The molecule has 0 unspecified atom stereocenters. The molecule has 0 aliphatic rings. The maximum Gasteiger partial charge on any atom is 0.337 e. The van der Waals surface area contributed by atoms with Gasteiger partial charge in [-0.05, 0) is 136 Å². The molecule has 0 aliphatic heterocycles. The summed E-state index contributed by atoms with van der Waals surface area (Å²) >= 11 is 11.0. The fourth-order valence-corrected chi connectivity index (χ4v) is 12.9. The number of amides is 4. The second-order valence-corrected chi connectivity index (χ2v) is 13.9. The van der Waals surface area contributed by atoms with Gasteiger partial charge in [-0.2, -0.15) is 0 Å². The summed E-state index contributed by atoms with van der Waals surface area (Å²) in [5.74, 6) is -5.23. The van der Waals surface area contributed by atoms with Gasteiger partial charge in [-0.1, -0.05) is 0 Å². The first-order valence-corrected chi connectivity index (χ1v) is 16.4. The molecule has 0 spiro atoms. The maximum atomic E-state index is 12.5. The maximum absolute atomic E-state index is 12.5. The zero-order valence-electron chi connectivity index (χ0n) is 19.5. The van der Waals surface area contributed by atoms with Crippen molar-refractivity contribution in [3.8, 4) is 11.1 Å². The van der Waals surface area contributed by atoms with Gasteiger partial charge in [-0.25, -0.2) is 19.4 Å². The zero-order valence-corrected chi connectivity index (χ0v) is 32.5. The summed E-state index contributed by atoms with van der Waals surface area (Å²) in [6.45, 7) is 4.68. The molecular formula is C22H14I6N2O8. The lowest BCUT2D eigenvalue weighted by molar-refractivity contribution is -0.125. The molecule has 0 heterocycles. The molecule has 0 bridgehead atoms. The van der Waals surface area contributed by atoms with Crippen LogP contribution in [0.4, 0.5) is 11.4 Å². The third-order valence-corrected chi connectivity index (χ3v) is 11.3.